The van der Waals surface area contributed by atoms with Gasteiger partial charge in [-0.15, -0.1) is 0 Å². The molecule has 0 spiro atoms. The van der Waals surface area contributed by atoms with Crippen molar-refractivity contribution < 1.29 is 4.74 Å². The zero-order valence-electron chi connectivity index (χ0n) is 13.6. The molecule has 0 aliphatic rings. The molecule has 2 rings (SSSR count). The number of nitrogens with one attached hydrogen (secondary N) is 2. The van der Waals surface area contributed by atoms with Crippen LogP contribution >= 0.6 is 0 Å². The molecule has 0 aromatic carbocycles. The number of ether oxygens (including phenoxy) is 1. The quantitative estimate of drug-likeness (QED) is 0.861. The second kappa shape index (κ2) is 7.11. The number of nitrogens with zero attached hydrogens (tertiary/aromatic N) is 1. The predicted octanol–water partition coefficient (Wildman–Crippen LogP) is 2.82. The fraction of sp³-hybridized carbons (Fsp3) is 0.412. The Labute approximate surface area is 130 Å². The third-order valence-corrected chi connectivity index (χ3v) is 3.78. The fourth-order valence-corrected chi connectivity index (χ4v) is 2.41. The van der Waals surface area contributed by atoms with Gasteiger partial charge in [-0.25, -0.2) is 4.98 Å². The highest BCUT2D eigenvalue weighted by atomic mass is 16.5. The summed E-state index contributed by atoms with van der Waals surface area (Å²) in [5, 5.41) is 3.19. The van der Waals surface area contributed by atoms with Gasteiger partial charge in [0, 0.05) is 24.0 Å². The van der Waals surface area contributed by atoms with Gasteiger partial charge in [0.1, 0.15) is 5.69 Å². The van der Waals surface area contributed by atoms with E-state index in [1.807, 2.05) is 19.2 Å². The van der Waals surface area contributed by atoms with Crippen molar-refractivity contribution in [3.63, 3.8) is 0 Å². The standard InChI is InChI=1S/C17H23N3O2/c1-5-12-7-14(17(22-4)19-9-12)10-18-15-8-13(6-2)11(3)20-16(15)21/h7-9,18H,5-6,10H2,1-4H3,(H,20,21). The lowest BCUT2D eigenvalue weighted by atomic mass is 10.1. The van der Waals surface area contributed by atoms with Crippen LogP contribution in [-0.4, -0.2) is 17.1 Å². The third kappa shape index (κ3) is 3.47. The highest BCUT2D eigenvalue weighted by Crippen LogP contribution is 2.18. The number of H-pyrrole nitrogens is 1. The SMILES string of the molecule is CCc1cnc(OC)c(CNc2cc(CC)c(C)[nH]c2=O)c1. The van der Waals surface area contributed by atoms with E-state index in [-0.39, 0.29) is 5.56 Å². The van der Waals surface area contributed by atoms with Gasteiger partial charge in [0.25, 0.3) is 5.56 Å². The first-order valence-electron chi connectivity index (χ1n) is 7.57. The van der Waals surface area contributed by atoms with E-state index >= 15 is 0 Å². The molecule has 0 unspecified atom stereocenters. The molecule has 5 nitrogen and oxygen atoms in total. The number of aromatic nitrogens is 2. The largest absolute Gasteiger partial charge is 0.481 e. The smallest absolute Gasteiger partial charge is 0.271 e. The molecule has 2 N–H and O–H groups in total. The fourth-order valence-electron chi connectivity index (χ4n) is 2.41. The van der Waals surface area contributed by atoms with Crippen LogP contribution in [0.2, 0.25) is 0 Å². The molecule has 118 valence electrons. The Morgan fingerprint density at radius 2 is 2.00 bits per heavy atom. The van der Waals surface area contributed by atoms with Crippen molar-refractivity contribution in [2.75, 3.05) is 12.4 Å². The van der Waals surface area contributed by atoms with Crippen molar-refractivity contribution in [2.45, 2.75) is 40.2 Å². The van der Waals surface area contributed by atoms with Crippen LogP contribution < -0.4 is 15.6 Å². The van der Waals surface area contributed by atoms with Crippen LogP contribution in [0.4, 0.5) is 5.69 Å². The highest BCUT2D eigenvalue weighted by molar-refractivity contribution is 5.46. The normalized spacial score (nSPS) is 10.5. The number of pyridine rings is 2. The molecule has 0 radical (unpaired) electrons. The monoisotopic (exact) mass is 301 g/mol. The van der Waals surface area contributed by atoms with Gasteiger partial charge in [-0.05, 0) is 43.0 Å². The maximum absolute atomic E-state index is 12.0. The lowest BCUT2D eigenvalue weighted by molar-refractivity contribution is 0.393. The van der Waals surface area contributed by atoms with Crippen LogP contribution in [0.15, 0.2) is 23.1 Å². The van der Waals surface area contributed by atoms with Crippen LogP contribution in [0.3, 0.4) is 0 Å². The second-order valence-electron chi connectivity index (χ2n) is 5.24. The summed E-state index contributed by atoms with van der Waals surface area (Å²) in [6, 6.07) is 3.97. The van der Waals surface area contributed by atoms with Gasteiger partial charge in [-0.2, -0.15) is 0 Å². The second-order valence-corrected chi connectivity index (χ2v) is 5.24. The molecular formula is C17H23N3O2. The van der Waals surface area contributed by atoms with Crippen molar-refractivity contribution in [1.29, 1.82) is 0 Å². The van der Waals surface area contributed by atoms with E-state index in [0.717, 1.165) is 35.2 Å². The van der Waals surface area contributed by atoms with Gasteiger partial charge in [-0.3, -0.25) is 4.79 Å². The van der Waals surface area contributed by atoms with E-state index in [0.29, 0.717) is 18.1 Å². The van der Waals surface area contributed by atoms with Gasteiger partial charge in [-0.1, -0.05) is 13.8 Å². The van der Waals surface area contributed by atoms with E-state index in [2.05, 4.69) is 35.2 Å². The topological polar surface area (TPSA) is 67.0 Å². The first-order chi connectivity index (χ1) is 10.6. The average molecular weight is 301 g/mol. The zero-order valence-corrected chi connectivity index (χ0v) is 13.6. The van der Waals surface area contributed by atoms with E-state index in [4.69, 9.17) is 4.74 Å². The van der Waals surface area contributed by atoms with Gasteiger partial charge >= 0.3 is 0 Å². The molecule has 0 aliphatic carbocycles. The molecule has 0 bridgehead atoms. The van der Waals surface area contributed by atoms with Crippen LogP contribution in [0.5, 0.6) is 5.88 Å². The maximum Gasteiger partial charge on any atom is 0.271 e. The van der Waals surface area contributed by atoms with Crippen molar-refractivity contribution >= 4 is 5.69 Å². The zero-order chi connectivity index (χ0) is 16.1. The maximum atomic E-state index is 12.0. The van der Waals surface area contributed by atoms with Gasteiger partial charge in [0.05, 0.1) is 7.11 Å². The number of methoxy groups -OCH3 is 1. The lowest BCUT2D eigenvalue weighted by Gasteiger charge is -2.12. The highest BCUT2D eigenvalue weighted by Gasteiger charge is 2.08. The van der Waals surface area contributed by atoms with Crippen LogP contribution in [0, 0.1) is 6.92 Å². The van der Waals surface area contributed by atoms with E-state index in [1.54, 1.807) is 7.11 Å². The molecule has 2 aromatic rings. The molecule has 0 saturated carbocycles. The summed E-state index contributed by atoms with van der Waals surface area (Å²) in [5.74, 6) is 0.587. The van der Waals surface area contributed by atoms with E-state index in [9.17, 15) is 4.79 Å². The minimum absolute atomic E-state index is 0.103. The molecule has 0 fully saturated rings. The molecule has 0 amide bonds. The summed E-state index contributed by atoms with van der Waals surface area (Å²) < 4.78 is 5.29. The first kappa shape index (κ1) is 16.1. The summed E-state index contributed by atoms with van der Waals surface area (Å²) in [4.78, 5) is 19.2. The number of anilines is 1. The summed E-state index contributed by atoms with van der Waals surface area (Å²) in [6.07, 6.45) is 3.61. The molecular weight excluding hydrogens is 278 g/mol. The van der Waals surface area contributed by atoms with E-state index < -0.39 is 0 Å². The minimum atomic E-state index is -0.103. The number of rotatable bonds is 6. The molecule has 0 saturated heterocycles. The molecule has 0 aliphatic heterocycles. The first-order valence-corrected chi connectivity index (χ1v) is 7.57. The van der Waals surface area contributed by atoms with Crippen LogP contribution in [-0.2, 0) is 19.4 Å². The Kier molecular flexibility index (Phi) is 5.20. The van der Waals surface area contributed by atoms with Crippen molar-refractivity contribution in [3.8, 4) is 5.88 Å². The average Bonchev–Trinajstić information content (AvgIpc) is 2.53. The molecule has 2 heterocycles. The Hall–Kier alpha value is -2.30. The van der Waals surface area contributed by atoms with Crippen molar-refractivity contribution in [1.82, 2.24) is 9.97 Å². The van der Waals surface area contributed by atoms with Gasteiger partial charge < -0.3 is 15.0 Å². The van der Waals surface area contributed by atoms with Crippen molar-refractivity contribution in [2.24, 2.45) is 0 Å². The minimum Gasteiger partial charge on any atom is -0.481 e. The Bertz CT molecular complexity index is 708. The predicted molar refractivity (Wildman–Crippen MR) is 88.7 cm³/mol. The number of aromatic amines is 1. The molecule has 5 heteroatoms. The van der Waals surface area contributed by atoms with Gasteiger partial charge in [0.15, 0.2) is 0 Å². The Morgan fingerprint density at radius 3 is 2.64 bits per heavy atom. The summed E-state index contributed by atoms with van der Waals surface area (Å²) in [5.41, 5.74) is 4.61. The Balaban J connectivity index is 2.25. The third-order valence-electron chi connectivity index (χ3n) is 3.78. The summed E-state index contributed by atoms with van der Waals surface area (Å²) in [6.45, 7) is 6.57. The van der Waals surface area contributed by atoms with E-state index in [1.165, 1.54) is 0 Å². The van der Waals surface area contributed by atoms with Crippen LogP contribution in [0.1, 0.15) is 36.2 Å². The summed E-state index contributed by atoms with van der Waals surface area (Å²) in [7, 11) is 1.60. The van der Waals surface area contributed by atoms with Gasteiger partial charge in [0.2, 0.25) is 5.88 Å². The summed E-state index contributed by atoms with van der Waals surface area (Å²) >= 11 is 0. The molecule has 2 aromatic heterocycles. The van der Waals surface area contributed by atoms with Crippen molar-refractivity contribution in [3.05, 3.63) is 51.1 Å². The Morgan fingerprint density at radius 1 is 1.23 bits per heavy atom. The molecule has 0 atom stereocenters. The number of hydrogen-bond donors (Lipinski definition) is 2. The molecule has 22 heavy (non-hydrogen) atoms. The number of aryl methyl sites for hydroxylation is 3. The van der Waals surface area contributed by atoms with Crippen LogP contribution in [0.25, 0.3) is 0 Å². The lowest BCUT2D eigenvalue weighted by Crippen LogP contribution is -2.16. The number of hydrogen-bond acceptors (Lipinski definition) is 4.